The molecular weight excluding hydrogens is 356 g/mol. The molecule has 0 bridgehead atoms. The number of anilines is 2. The zero-order chi connectivity index (χ0) is 20.1. The molecule has 7 nitrogen and oxygen atoms in total. The molecule has 3 aromatic rings. The monoisotopic (exact) mass is 380 g/mol. The van der Waals surface area contributed by atoms with Crippen LogP contribution in [0.3, 0.4) is 0 Å². The van der Waals surface area contributed by atoms with E-state index in [1.165, 1.54) is 13.4 Å². The Balaban J connectivity index is 0.00000225. The van der Waals surface area contributed by atoms with E-state index >= 15 is 0 Å². The number of aromatic nitrogens is 2. The molecular formula is C21H24N4O3. The summed E-state index contributed by atoms with van der Waals surface area (Å²) in [5.41, 5.74) is 4.79. The number of benzene rings is 2. The van der Waals surface area contributed by atoms with E-state index in [0.29, 0.717) is 17.1 Å². The lowest BCUT2D eigenvalue weighted by molar-refractivity contribution is 0.0600. The molecule has 0 fully saturated rings. The van der Waals surface area contributed by atoms with E-state index in [-0.39, 0.29) is 8.82 Å². The molecule has 0 aliphatic carbocycles. The summed E-state index contributed by atoms with van der Waals surface area (Å²) < 4.78 is 4.78. The highest BCUT2D eigenvalue weighted by Gasteiger charge is 2.10. The Bertz CT molecular complexity index is 1030. The van der Waals surface area contributed by atoms with Crippen molar-refractivity contribution in [3.05, 3.63) is 71.7 Å². The molecule has 2 N–H and O–H groups in total. The van der Waals surface area contributed by atoms with Crippen LogP contribution in [-0.2, 0) is 4.74 Å². The molecule has 0 unspecified atom stereocenters. The van der Waals surface area contributed by atoms with Crippen LogP contribution in [0, 0.1) is 13.8 Å². The molecule has 1 heterocycles. The molecule has 2 aromatic carbocycles. The van der Waals surface area contributed by atoms with Crippen LogP contribution in [0.2, 0.25) is 0 Å². The average molecular weight is 380 g/mol. The largest absolute Gasteiger partial charge is 0.465 e. The molecule has 0 saturated carbocycles. The van der Waals surface area contributed by atoms with Crippen LogP contribution in [0.1, 0.15) is 24.3 Å². The number of carbonyl (C=O) groups excluding carboxylic acids is 2. The number of carbonyl (C=O) groups is 2. The van der Waals surface area contributed by atoms with E-state index in [2.05, 4.69) is 20.6 Å². The minimum atomic E-state index is -0.390. The van der Waals surface area contributed by atoms with Gasteiger partial charge in [-0.25, -0.2) is 19.6 Å². The van der Waals surface area contributed by atoms with Crippen LogP contribution in [0.15, 0.2) is 55.0 Å². The number of ether oxygens (including phenoxy) is 1. The van der Waals surface area contributed by atoms with Crippen LogP contribution in [0.4, 0.5) is 16.3 Å². The van der Waals surface area contributed by atoms with Gasteiger partial charge in [0.1, 0.15) is 12.1 Å². The second kappa shape index (κ2) is 8.30. The Morgan fingerprint density at radius 2 is 1.75 bits per heavy atom. The standard InChI is InChI=1S/C21H20N4O3.2H2/c1-13-4-5-16(20(26)28-3)10-18(13)15-6-8-17(9-7-15)24-21(27)25-19-14(2)11-22-12-23-19;;/h4-12H,1-3H3,(H2,22,23,24,25,27);2*1H. The van der Waals surface area contributed by atoms with Gasteiger partial charge in [-0.3, -0.25) is 5.32 Å². The van der Waals surface area contributed by atoms with Crippen LogP contribution < -0.4 is 10.6 Å². The Kier molecular flexibility index (Phi) is 5.64. The molecule has 0 radical (unpaired) electrons. The Morgan fingerprint density at radius 1 is 1.00 bits per heavy atom. The molecule has 146 valence electrons. The van der Waals surface area contributed by atoms with E-state index in [9.17, 15) is 9.59 Å². The molecule has 2 amide bonds. The number of nitrogens with one attached hydrogen (secondary N) is 2. The van der Waals surface area contributed by atoms with Crippen molar-refractivity contribution < 1.29 is 17.2 Å². The summed E-state index contributed by atoms with van der Waals surface area (Å²) in [6.45, 7) is 3.79. The van der Waals surface area contributed by atoms with Gasteiger partial charge in [0.05, 0.1) is 12.7 Å². The number of methoxy groups -OCH3 is 1. The lowest BCUT2D eigenvalue weighted by Crippen LogP contribution is -2.20. The molecule has 0 saturated heterocycles. The SMILES string of the molecule is COC(=O)c1ccc(C)c(-c2ccc(NC(=O)Nc3ncncc3C)cc2)c1.[HH].[HH]. The van der Waals surface area contributed by atoms with Crippen LogP contribution in [0.25, 0.3) is 11.1 Å². The first kappa shape index (κ1) is 19.0. The molecule has 0 atom stereocenters. The number of aryl methyl sites for hydroxylation is 2. The van der Waals surface area contributed by atoms with Crippen molar-refractivity contribution in [3.8, 4) is 11.1 Å². The first-order valence-corrected chi connectivity index (χ1v) is 8.62. The third-order valence-electron chi connectivity index (χ3n) is 4.24. The van der Waals surface area contributed by atoms with Gasteiger partial charge in [0.2, 0.25) is 0 Å². The maximum atomic E-state index is 12.2. The molecule has 0 aliphatic rings. The van der Waals surface area contributed by atoms with E-state index in [1.54, 1.807) is 30.5 Å². The summed E-state index contributed by atoms with van der Waals surface area (Å²) in [6.07, 6.45) is 3.00. The van der Waals surface area contributed by atoms with E-state index in [1.807, 2.05) is 32.0 Å². The van der Waals surface area contributed by atoms with E-state index < -0.39 is 6.03 Å². The highest BCUT2D eigenvalue weighted by molar-refractivity contribution is 5.99. The van der Waals surface area contributed by atoms with E-state index in [0.717, 1.165) is 22.3 Å². The topological polar surface area (TPSA) is 93.2 Å². The van der Waals surface area contributed by atoms with Gasteiger partial charge in [-0.15, -0.1) is 0 Å². The van der Waals surface area contributed by atoms with Crippen molar-refractivity contribution in [1.29, 1.82) is 0 Å². The Labute approximate surface area is 165 Å². The van der Waals surface area contributed by atoms with Gasteiger partial charge in [-0.2, -0.15) is 0 Å². The van der Waals surface area contributed by atoms with Crippen LogP contribution in [-0.4, -0.2) is 29.1 Å². The molecule has 0 spiro atoms. The fourth-order valence-corrected chi connectivity index (χ4v) is 2.71. The molecule has 1 aromatic heterocycles. The minimum absolute atomic E-state index is 0. The Morgan fingerprint density at radius 3 is 2.43 bits per heavy atom. The van der Waals surface area contributed by atoms with Gasteiger partial charge in [0, 0.05) is 20.3 Å². The smallest absolute Gasteiger partial charge is 0.337 e. The summed E-state index contributed by atoms with van der Waals surface area (Å²) in [6, 6.07) is 12.4. The van der Waals surface area contributed by atoms with Crippen molar-refractivity contribution in [2.75, 3.05) is 17.7 Å². The number of urea groups is 1. The van der Waals surface area contributed by atoms with Gasteiger partial charge in [0.25, 0.3) is 0 Å². The number of hydrogen-bond acceptors (Lipinski definition) is 5. The normalized spacial score (nSPS) is 10.2. The van der Waals surface area contributed by atoms with Gasteiger partial charge >= 0.3 is 12.0 Å². The fraction of sp³-hybridized carbons (Fsp3) is 0.143. The summed E-state index contributed by atoms with van der Waals surface area (Å²) in [5.74, 6) is 0.0793. The quantitative estimate of drug-likeness (QED) is 0.641. The third kappa shape index (κ3) is 4.32. The predicted octanol–water partition coefficient (Wildman–Crippen LogP) is 4.68. The van der Waals surface area contributed by atoms with Crippen molar-refractivity contribution in [3.63, 3.8) is 0 Å². The number of rotatable bonds is 4. The highest BCUT2D eigenvalue weighted by Crippen LogP contribution is 2.26. The summed E-state index contributed by atoms with van der Waals surface area (Å²) >= 11 is 0. The zero-order valence-corrected chi connectivity index (χ0v) is 15.8. The molecule has 0 aliphatic heterocycles. The van der Waals surface area contributed by atoms with E-state index in [4.69, 9.17) is 4.74 Å². The first-order chi connectivity index (χ1) is 13.5. The highest BCUT2D eigenvalue weighted by atomic mass is 16.5. The third-order valence-corrected chi connectivity index (χ3v) is 4.24. The average Bonchev–Trinajstić information content (AvgIpc) is 2.70. The number of hydrogen-bond donors (Lipinski definition) is 2. The predicted molar refractivity (Wildman–Crippen MR) is 112 cm³/mol. The fourth-order valence-electron chi connectivity index (χ4n) is 2.71. The first-order valence-electron chi connectivity index (χ1n) is 8.62. The van der Waals surface area contributed by atoms with Crippen molar-refractivity contribution >= 4 is 23.5 Å². The van der Waals surface area contributed by atoms with Crippen molar-refractivity contribution in [1.82, 2.24) is 9.97 Å². The zero-order valence-electron chi connectivity index (χ0n) is 15.8. The van der Waals surface area contributed by atoms with Gasteiger partial charge < -0.3 is 10.1 Å². The maximum absolute atomic E-state index is 12.2. The Hall–Kier alpha value is -3.74. The summed E-state index contributed by atoms with van der Waals surface area (Å²) in [5, 5.41) is 5.45. The molecule has 7 heteroatoms. The molecule has 3 rings (SSSR count). The van der Waals surface area contributed by atoms with Gasteiger partial charge in [-0.05, 0) is 54.8 Å². The van der Waals surface area contributed by atoms with Crippen molar-refractivity contribution in [2.24, 2.45) is 0 Å². The second-order valence-corrected chi connectivity index (χ2v) is 6.23. The van der Waals surface area contributed by atoms with Crippen LogP contribution >= 0.6 is 0 Å². The van der Waals surface area contributed by atoms with Gasteiger partial charge in [0.15, 0.2) is 0 Å². The maximum Gasteiger partial charge on any atom is 0.337 e. The number of nitrogens with zero attached hydrogens (tertiary/aromatic N) is 2. The molecule has 28 heavy (non-hydrogen) atoms. The lowest BCUT2D eigenvalue weighted by Gasteiger charge is -2.11. The summed E-state index contributed by atoms with van der Waals surface area (Å²) in [4.78, 5) is 31.9. The minimum Gasteiger partial charge on any atom is -0.465 e. The van der Waals surface area contributed by atoms with Gasteiger partial charge in [-0.1, -0.05) is 18.2 Å². The van der Waals surface area contributed by atoms with Crippen LogP contribution in [0.5, 0.6) is 0 Å². The second-order valence-electron chi connectivity index (χ2n) is 6.23. The van der Waals surface area contributed by atoms with Crippen molar-refractivity contribution in [2.45, 2.75) is 13.8 Å². The summed E-state index contributed by atoms with van der Waals surface area (Å²) in [7, 11) is 1.36. The number of amides is 2. The number of esters is 1. The lowest BCUT2D eigenvalue weighted by atomic mass is 9.98.